The number of benzene rings is 1. The van der Waals surface area contributed by atoms with Crippen LogP contribution < -0.4 is 5.32 Å². The van der Waals surface area contributed by atoms with Crippen molar-refractivity contribution in [3.05, 3.63) is 64.9 Å². The fourth-order valence-corrected chi connectivity index (χ4v) is 2.84. The van der Waals surface area contributed by atoms with Gasteiger partial charge in [-0.1, -0.05) is 12.1 Å². The van der Waals surface area contributed by atoms with Crippen LogP contribution in [0.1, 0.15) is 21.6 Å². The Hall–Kier alpha value is -2.93. The Morgan fingerprint density at radius 3 is 2.83 bits per heavy atom. The highest BCUT2D eigenvalue weighted by Crippen LogP contribution is 2.11. The van der Waals surface area contributed by atoms with Gasteiger partial charge in [0.15, 0.2) is 4.96 Å². The lowest BCUT2D eigenvalue weighted by Crippen LogP contribution is -2.20. The van der Waals surface area contributed by atoms with E-state index in [1.165, 1.54) is 13.2 Å². The average Bonchev–Trinajstić information content (AvgIpc) is 3.19. The molecule has 0 spiro atoms. The molecule has 1 amide bonds. The Morgan fingerprint density at radius 2 is 2.12 bits per heavy atom. The summed E-state index contributed by atoms with van der Waals surface area (Å²) in [6.45, 7) is 0.374. The third-order valence-electron chi connectivity index (χ3n) is 3.35. The number of amides is 1. The number of fused-ring (bicyclic) bond motifs is 1. The van der Waals surface area contributed by atoms with Crippen molar-refractivity contribution in [3.63, 3.8) is 0 Å². The van der Waals surface area contributed by atoms with Crippen molar-refractivity contribution in [2.75, 3.05) is 7.11 Å². The maximum Gasteiger partial charge on any atom is 0.337 e. The molecule has 24 heavy (non-hydrogen) atoms. The normalized spacial score (nSPS) is 11.0. The lowest BCUT2D eigenvalue weighted by atomic mass is 10.1. The molecule has 0 unspecified atom stereocenters. The molecule has 0 saturated heterocycles. The van der Waals surface area contributed by atoms with Crippen molar-refractivity contribution in [1.82, 2.24) is 14.7 Å². The molecule has 3 rings (SSSR count). The van der Waals surface area contributed by atoms with Crippen molar-refractivity contribution >= 4 is 34.3 Å². The first-order valence-corrected chi connectivity index (χ1v) is 8.09. The Labute approximate surface area is 142 Å². The summed E-state index contributed by atoms with van der Waals surface area (Å²) in [6.07, 6.45) is 6.95. The van der Waals surface area contributed by atoms with Crippen LogP contribution in [0.15, 0.2) is 48.1 Å². The number of rotatable bonds is 5. The van der Waals surface area contributed by atoms with Crippen LogP contribution in [0.2, 0.25) is 0 Å². The Kier molecular flexibility index (Phi) is 4.72. The second-order valence-corrected chi connectivity index (χ2v) is 5.86. The van der Waals surface area contributed by atoms with Crippen molar-refractivity contribution < 1.29 is 14.3 Å². The molecule has 6 nitrogen and oxygen atoms in total. The molecule has 0 radical (unpaired) electrons. The molecule has 2 heterocycles. The maximum absolute atomic E-state index is 11.9. The summed E-state index contributed by atoms with van der Waals surface area (Å²) in [5.41, 5.74) is 2.10. The largest absolute Gasteiger partial charge is 0.465 e. The molecule has 7 heteroatoms. The van der Waals surface area contributed by atoms with E-state index in [0.29, 0.717) is 12.1 Å². The lowest BCUT2D eigenvalue weighted by Gasteiger charge is -2.00. The van der Waals surface area contributed by atoms with Gasteiger partial charge in [-0.3, -0.25) is 9.20 Å². The Morgan fingerprint density at radius 1 is 1.33 bits per heavy atom. The van der Waals surface area contributed by atoms with E-state index in [1.54, 1.807) is 41.7 Å². The molecule has 1 N–H and O–H groups in total. The molecule has 0 bridgehead atoms. The van der Waals surface area contributed by atoms with Gasteiger partial charge in [-0.15, -0.1) is 11.3 Å². The number of aromatic nitrogens is 2. The van der Waals surface area contributed by atoms with Crippen molar-refractivity contribution in [1.29, 1.82) is 0 Å². The zero-order valence-corrected chi connectivity index (χ0v) is 13.7. The standard InChI is InChI=1S/C17H15N3O3S/c1-23-16(22)13-5-2-12(3-6-13)4-7-15(21)18-10-14-11-20-8-9-24-17(20)19-14/h2-9,11H,10H2,1H3,(H,18,21)/b7-4+. The molecule has 3 aromatic rings. The van der Waals surface area contributed by atoms with E-state index < -0.39 is 0 Å². The summed E-state index contributed by atoms with van der Waals surface area (Å²) >= 11 is 1.55. The highest BCUT2D eigenvalue weighted by atomic mass is 32.1. The topological polar surface area (TPSA) is 72.7 Å². The van der Waals surface area contributed by atoms with E-state index in [1.807, 2.05) is 22.2 Å². The molecule has 122 valence electrons. The van der Waals surface area contributed by atoms with Crippen LogP contribution in [0.25, 0.3) is 11.0 Å². The molecule has 0 fully saturated rings. The smallest absolute Gasteiger partial charge is 0.337 e. The number of thiazole rings is 1. The van der Waals surface area contributed by atoms with Gasteiger partial charge in [-0.05, 0) is 23.8 Å². The maximum atomic E-state index is 11.9. The van der Waals surface area contributed by atoms with Gasteiger partial charge >= 0.3 is 5.97 Å². The first-order valence-electron chi connectivity index (χ1n) is 7.21. The first kappa shape index (κ1) is 15.9. The number of ether oxygens (including phenoxy) is 1. The molecule has 0 saturated carbocycles. The van der Waals surface area contributed by atoms with Gasteiger partial charge in [-0.2, -0.15) is 0 Å². The Balaban J connectivity index is 1.54. The number of carbonyl (C=O) groups is 2. The molecule has 0 aliphatic heterocycles. The number of hydrogen-bond donors (Lipinski definition) is 1. The quantitative estimate of drug-likeness (QED) is 0.572. The van der Waals surface area contributed by atoms with Crippen LogP contribution in [0, 0.1) is 0 Å². The zero-order valence-electron chi connectivity index (χ0n) is 12.9. The summed E-state index contributed by atoms with van der Waals surface area (Å²) in [7, 11) is 1.34. The second-order valence-electron chi connectivity index (χ2n) is 4.99. The van der Waals surface area contributed by atoms with E-state index in [4.69, 9.17) is 0 Å². The molecule has 1 aromatic carbocycles. The van der Waals surface area contributed by atoms with E-state index in [0.717, 1.165) is 16.2 Å². The van der Waals surface area contributed by atoms with Gasteiger partial charge in [0, 0.05) is 23.8 Å². The van der Waals surface area contributed by atoms with Gasteiger partial charge in [0.05, 0.1) is 24.9 Å². The van der Waals surface area contributed by atoms with Crippen molar-refractivity contribution in [2.45, 2.75) is 6.54 Å². The third-order valence-corrected chi connectivity index (χ3v) is 4.12. The number of nitrogens with zero attached hydrogens (tertiary/aromatic N) is 2. The fourth-order valence-electron chi connectivity index (χ4n) is 2.12. The van der Waals surface area contributed by atoms with Crippen LogP contribution in [0.3, 0.4) is 0 Å². The van der Waals surface area contributed by atoms with Gasteiger partial charge in [0.25, 0.3) is 0 Å². The number of hydrogen-bond acceptors (Lipinski definition) is 5. The van der Waals surface area contributed by atoms with Gasteiger partial charge in [0.2, 0.25) is 5.91 Å². The van der Waals surface area contributed by atoms with E-state index in [2.05, 4.69) is 15.0 Å². The average molecular weight is 341 g/mol. The monoisotopic (exact) mass is 341 g/mol. The highest BCUT2D eigenvalue weighted by molar-refractivity contribution is 7.15. The minimum Gasteiger partial charge on any atom is -0.465 e. The number of esters is 1. The summed E-state index contributed by atoms with van der Waals surface area (Å²) in [5, 5.41) is 4.74. The van der Waals surface area contributed by atoms with Crippen molar-refractivity contribution in [2.24, 2.45) is 0 Å². The minimum atomic E-state index is -0.386. The van der Waals surface area contributed by atoms with Crippen LogP contribution in [0.5, 0.6) is 0 Å². The number of carbonyl (C=O) groups excluding carboxylic acids is 2. The zero-order chi connectivity index (χ0) is 16.9. The SMILES string of the molecule is COC(=O)c1ccc(/C=C/C(=O)NCc2cn3ccsc3n2)cc1. The highest BCUT2D eigenvalue weighted by Gasteiger charge is 2.05. The number of methoxy groups -OCH3 is 1. The van der Waals surface area contributed by atoms with Crippen LogP contribution >= 0.6 is 11.3 Å². The van der Waals surface area contributed by atoms with Gasteiger partial charge in [-0.25, -0.2) is 9.78 Å². The van der Waals surface area contributed by atoms with E-state index >= 15 is 0 Å². The van der Waals surface area contributed by atoms with Crippen molar-refractivity contribution in [3.8, 4) is 0 Å². The predicted octanol–water partition coefficient (Wildman–Crippen LogP) is 2.51. The molecule has 0 aliphatic carbocycles. The van der Waals surface area contributed by atoms with E-state index in [-0.39, 0.29) is 11.9 Å². The summed E-state index contributed by atoms with van der Waals surface area (Å²) in [6, 6.07) is 6.81. The molecular weight excluding hydrogens is 326 g/mol. The third kappa shape index (κ3) is 3.69. The van der Waals surface area contributed by atoms with Gasteiger partial charge in [0.1, 0.15) is 0 Å². The summed E-state index contributed by atoms with van der Waals surface area (Å²) in [4.78, 5) is 28.5. The first-order chi connectivity index (χ1) is 11.7. The summed E-state index contributed by atoms with van der Waals surface area (Å²) < 4.78 is 6.56. The van der Waals surface area contributed by atoms with Crippen LogP contribution in [-0.2, 0) is 16.1 Å². The lowest BCUT2D eigenvalue weighted by molar-refractivity contribution is -0.116. The Bertz CT molecular complexity index is 865. The molecule has 2 aromatic heterocycles. The molecule has 0 aliphatic rings. The van der Waals surface area contributed by atoms with Crippen LogP contribution in [-0.4, -0.2) is 28.4 Å². The number of nitrogens with one attached hydrogen (secondary N) is 1. The minimum absolute atomic E-state index is 0.205. The van der Waals surface area contributed by atoms with Gasteiger partial charge < -0.3 is 10.1 Å². The predicted molar refractivity (Wildman–Crippen MR) is 91.7 cm³/mol. The number of imidazole rings is 1. The van der Waals surface area contributed by atoms with Crippen LogP contribution in [0.4, 0.5) is 0 Å². The molecular formula is C17H15N3O3S. The molecule has 0 atom stereocenters. The van der Waals surface area contributed by atoms with E-state index in [9.17, 15) is 9.59 Å². The second kappa shape index (κ2) is 7.10. The fraction of sp³-hybridized carbons (Fsp3) is 0.118. The summed E-state index contributed by atoms with van der Waals surface area (Å²) in [5.74, 6) is -0.591.